The molecule has 0 aliphatic carbocycles. The van der Waals surface area contributed by atoms with Crippen molar-refractivity contribution >= 4 is 11.9 Å². The maximum Gasteiger partial charge on any atom is 0.225 e. The van der Waals surface area contributed by atoms with E-state index >= 15 is 0 Å². The van der Waals surface area contributed by atoms with Gasteiger partial charge < -0.3 is 14.7 Å². The normalized spacial score (nSPS) is 20.6. The average Bonchev–Trinajstić information content (AvgIpc) is 2.79. The monoisotopic (exact) mass is 408 g/mol. The molecule has 0 radical (unpaired) electrons. The quantitative estimate of drug-likeness (QED) is 0.775. The number of carbonyl (C=O) groups is 1. The van der Waals surface area contributed by atoms with Gasteiger partial charge in [-0.2, -0.15) is 0 Å². The van der Waals surface area contributed by atoms with Gasteiger partial charge in [0.15, 0.2) is 0 Å². The molecular formula is C23H32N6O. The Morgan fingerprint density at radius 1 is 1.13 bits per heavy atom. The van der Waals surface area contributed by atoms with Crippen LogP contribution in [0.3, 0.4) is 0 Å². The Hall–Kier alpha value is -2.54. The van der Waals surface area contributed by atoms with Gasteiger partial charge in [0.2, 0.25) is 11.9 Å². The summed E-state index contributed by atoms with van der Waals surface area (Å²) in [7, 11) is 2.15. The van der Waals surface area contributed by atoms with Crippen molar-refractivity contribution in [1.29, 1.82) is 0 Å². The van der Waals surface area contributed by atoms with E-state index in [0.29, 0.717) is 0 Å². The van der Waals surface area contributed by atoms with Gasteiger partial charge in [0.1, 0.15) is 0 Å². The van der Waals surface area contributed by atoms with Crippen molar-refractivity contribution < 1.29 is 4.79 Å². The highest BCUT2D eigenvalue weighted by Gasteiger charge is 2.30. The lowest BCUT2D eigenvalue weighted by Crippen LogP contribution is -2.45. The summed E-state index contributed by atoms with van der Waals surface area (Å²) in [5.74, 6) is 1.27. The lowest BCUT2D eigenvalue weighted by atomic mass is 9.90. The zero-order valence-corrected chi connectivity index (χ0v) is 18.3. The SMILES string of the molecule is CC(C)C(=O)N1CCCC(c2nc(N3CCN(C)CC3)ncc2-c2cccnc2)C1. The molecule has 4 rings (SSSR count). The van der Waals surface area contributed by atoms with Crippen LogP contribution in [0.1, 0.15) is 38.3 Å². The van der Waals surface area contributed by atoms with Gasteiger partial charge in [0.25, 0.3) is 0 Å². The number of piperidine rings is 1. The molecule has 2 aliphatic heterocycles. The number of pyridine rings is 1. The predicted octanol–water partition coefficient (Wildman–Crippen LogP) is 2.65. The van der Waals surface area contributed by atoms with Crippen LogP contribution < -0.4 is 4.90 Å². The van der Waals surface area contributed by atoms with Crippen molar-refractivity contribution in [2.24, 2.45) is 5.92 Å². The highest BCUT2D eigenvalue weighted by molar-refractivity contribution is 5.78. The molecule has 2 saturated heterocycles. The van der Waals surface area contributed by atoms with Crippen molar-refractivity contribution in [2.45, 2.75) is 32.6 Å². The van der Waals surface area contributed by atoms with Crippen LogP contribution in [0.4, 0.5) is 5.95 Å². The van der Waals surface area contributed by atoms with Crippen molar-refractivity contribution in [1.82, 2.24) is 24.8 Å². The Balaban J connectivity index is 1.67. The maximum atomic E-state index is 12.6. The second kappa shape index (κ2) is 9.08. The zero-order chi connectivity index (χ0) is 21.1. The number of amides is 1. The molecule has 0 N–H and O–H groups in total. The molecule has 1 amide bonds. The molecule has 4 heterocycles. The zero-order valence-electron chi connectivity index (χ0n) is 18.3. The molecule has 2 aromatic rings. The lowest BCUT2D eigenvalue weighted by Gasteiger charge is -2.35. The molecule has 2 fully saturated rings. The van der Waals surface area contributed by atoms with Crippen LogP contribution in [-0.4, -0.2) is 77.0 Å². The largest absolute Gasteiger partial charge is 0.342 e. The van der Waals surface area contributed by atoms with Crippen molar-refractivity contribution in [2.75, 3.05) is 51.2 Å². The summed E-state index contributed by atoms with van der Waals surface area (Å²) >= 11 is 0. The Kier molecular flexibility index (Phi) is 6.27. The molecule has 30 heavy (non-hydrogen) atoms. The molecular weight excluding hydrogens is 376 g/mol. The third kappa shape index (κ3) is 4.46. The number of rotatable bonds is 4. The van der Waals surface area contributed by atoms with E-state index in [4.69, 9.17) is 9.97 Å². The standard InChI is InChI=1S/C23H32N6O/c1-17(2)22(30)29-9-5-7-19(16-29)21-20(18-6-4-8-24-14-18)15-25-23(26-21)28-12-10-27(3)11-13-28/h4,6,8,14-15,17,19H,5,7,9-13,16H2,1-3H3. The smallest absolute Gasteiger partial charge is 0.225 e. The Labute approximate surface area is 179 Å². The summed E-state index contributed by atoms with van der Waals surface area (Å²) in [6, 6.07) is 4.01. The summed E-state index contributed by atoms with van der Waals surface area (Å²) in [6.07, 6.45) is 7.65. The Morgan fingerprint density at radius 3 is 2.63 bits per heavy atom. The number of piperazine rings is 1. The maximum absolute atomic E-state index is 12.6. The molecule has 7 heteroatoms. The second-order valence-corrected chi connectivity index (χ2v) is 8.78. The third-order valence-corrected chi connectivity index (χ3v) is 6.18. The van der Waals surface area contributed by atoms with E-state index in [1.54, 1.807) is 6.20 Å². The number of nitrogens with zero attached hydrogens (tertiary/aromatic N) is 6. The van der Waals surface area contributed by atoms with Crippen LogP contribution >= 0.6 is 0 Å². The summed E-state index contributed by atoms with van der Waals surface area (Å²) in [5.41, 5.74) is 3.11. The van der Waals surface area contributed by atoms with Gasteiger partial charge in [-0.1, -0.05) is 19.9 Å². The van der Waals surface area contributed by atoms with Gasteiger partial charge in [-0.15, -0.1) is 0 Å². The summed E-state index contributed by atoms with van der Waals surface area (Å²) in [6.45, 7) is 9.42. The van der Waals surface area contributed by atoms with Crippen LogP contribution in [0.5, 0.6) is 0 Å². The number of hydrogen-bond acceptors (Lipinski definition) is 6. The number of aromatic nitrogens is 3. The lowest BCUT2D eigenvalue weighted by molar-refractivity contribution is -0.135. The van der Waals surface area contributed by atoms with Gasteiger partial charge in [0, 0.05) is 80.8 Å². The first-order chi connectivity index (χ1) is 14.5. The van der Waals surface area contributed by atoms with Crippen LogP contribution in [0, 0.1) is 5.92 Å². The van der Waals surface area contributed by atoms with E-state index in [0.717, 1.165) is 74.9 Å². The number of carbonyl (C=O) groups excluding carboxylic acids is 1. The fourth-order valence-electron chi connectivity index (χ4n) is 4.37. The molecule has 1 unspecified atom stereocenters. The van der Waals surface area contributed by atoms with Crippen LogP contribution in [0.2, 0.25) is 0 Å². The number of likely N-dealkylation sites (tertiary alicyclic amines) is 1. The van der Waals surface area contributed by atoms with E-state index in [2.05, 4.69) is 27.9 Å². The van der Waals surface area contributed by atoms with Gasteiger partial charge >= 0.3 is 0 Å². The minimum Gasteiger partial charge on any atom is -0.342 e. The summed E-state index contributed by atoms with van der Waals surface area (Å²) in [5, 5.41) is 0. The van der Waals surface area contributed by atoms with Gasteiger partial charge in [-0.25, -0.2) is 9.97 Å². The third-order valence-electron chi connectivity index (χ3n) is 6.18. The molecule has 2 aromatic heterocycles. The minimum absolute atomic E-state index is 0.0212. The molecule has 2 aliphatic rings. The van der Waals surface area contributed by atoms with Gasteiger partial charge in [-0.05, 0) is 26.0 Å². The molecule has 0 bridgehead atoms. The molecule has 0 saturated carbocycles. The summed E-state index contributed by atoms with van der Waals surface area (Å²) in [4.78, 5) is 33.4. The van der Waals surface area contributed by atoms with E-state index in [1.165, 1.54) is 0 Å². The predicted molar refractivity (Wildman–Crippen MR) is 118 cm³/mol. The van der Waals surface area contributed by atoms with Crippen LogP contribution in [-0.2, 0) is 4.79 Å². The fourth-order valence-corrected chi connectivity index (χ4v) is 4.37. The van der Waals surface area contributed by atoms with E-state index in [1.807, 2.05) is 37.2 Å². The van der Waals surface area contributed by atoms with E-state index < -0.39 is 0 Å². The summed E-state index contributed by atoms with van der Waals surface area (Å²) < 4.78 is 0. The van der Waals surface area contributed by atoms with Gasteiger partial charge in [0.05, 0.1) is 5.69 Å². The molecule has 160 valence electrons. The number of likely N-dealkylation sites (N-methyl/N-ethyl adjacent to an activating group) is 1. The topological polar surface area (TPSA) is 65.5 Å². The Morgan fingerprint density at radius 2 is 1.93 bits per heavy atom. The highest BCUT2D eigenvalue weighted by atomic mass is 16.2. The minimum atomic E-state index is 0.0212. The highest BCUT2D eigenvalue weighted by Crippen LogP contribution is 2.34. The average molecular weight is 409 g/mol. The first kappa shape index (κ1) is 20.7. The second-order valence-electron chi connectivity index (χ2n) is 8.78. The van der Waals surface area contributed by atoms with E-state index in [9.17, 15) is 4.79 Å². The fraction of sp³-hybridized carbons (Fsp3) is 0.565. The van der Waals surface area contributed by atoms with Gasteiger partial charge in [-0.3, -0.25) is 9.78 Å². The first-order valence-corrected chi connectivity index (χ1v) is 11.0. The van der Waals surface area contributed by atoms with Crippen molar-refractivity contribution in [3.05, 3.63) is 36.4 Å². The number of hydrogen-bond donors (Lipinski definition) is 0. The van der Waals surface area contributed by atoms with E-state index in [-0.39, 0.29) is 17.7 Å². The number of anilines is 1. The van der Waals surface area contributed by atoms with Crippen LogP contribution in [0.15, 0.2) is 30.7 Å². The van der Waals surface area contributed by atoms with Crippen molar-refractivity contribution in [3.8, 4) is 11.1 Å². The Bertz CT molecular complexity index is 863. The van der Waals surface area contributed by atoms with Crippen molar-refractivity contribution in [3.63, 3.8) is 0 Å². The van der Waals surface area contributed by atoms with Crippen LogP contribution in [0.25, 0.3) is 11.1 Å². The molecule has 1 atom stereocenters. The molecule has 7 nitrogen and oxygen atoms in total. The first-order valence-electron chi connectivity index (χ1n) is 11.0. The molecule has 0 spiro atoms. The molecule has 0 aromatic carbocycles.